The van der Waals surface area contributed by atoms with Gasteiger partial charge in [-0.05, 0) is 31.9 Å². The van der Waals surface area contributed by atoms with Gasteiger partial charge in [0.1, 0.15) is 5.82 Å². The van der Waals surface area contributed by atoms with Crippen molar-refractivity contribution in [1.29, 1.82) is 0 Å². The first-order chi connectivity index (χ1) is 11.4. The van der Waals surface area contributed by atoms with E-state index in [4.69, 9.17) is 11.6 Å². The van der Waals surface area contributed by atoms with E-state index in [2.05, 4.69) is 10.4 Å². The number of hydrogen-bond donors (Lipinski definition) is 3. The van der Waals surface area contributed by atoms with Crippen molar-refractivity contribution in [2.45, 2.75) is 31.9 Å². The summed E-state index contributed by atoms with van der Waals surface area (Å²) in [5.41, 5.74) is 0.752. The molecule has 0 atom stereocenters. The molecule has 3 N–H and O–H groups in total. The number of aliphatic hydroxyl groups is 2. The molecule has 3 rings (SSSR count). The van der Waals surface area contributed by atoms with E-state index >= 15 is 0 Å². The molecule has 1 saturated carbocycles. The molecule has 6 nitrogen and oxygen atoms in total. The first-order valence-corrected chi connectivity index (χ1v) is 8.24. The second kappa shape index (κ2) is 6.55. The highest BCUT2D eigenvalue weighted by atomic mass is 35.5. The maximum Gasteiger partial charge on any atom is 0.228 e. The van der Waals surface area contributed by atoms with Crippen molar-refractivity contribution in [2.75, 3.05) is 11.9 Å². The Morgan fingerprint density at radius 3 is 2.83 bits per heavy atom. The predicted molar refractivity (Wildman–Crippen MR) is 91.7 cm³/mol. The van der Waals surface area contributed by atoms with E-state index in [1.54, 1.807) is 29.8 Å². The molecule has 1 amide bonds. The van der Waals surface area contributed by atoms with Crippen molar-refractivity contribution < 1.29 is 15.0 Å². The third kappa shape index (κ3) is 3.61. The van der Waals surface area contributed by atoms with Crippen LogP contribution in [0.2, 0.25) is 5.02 Å². The predicted octanol–water partition coefficient (Wildman–Crippen LogP) is 2.30. The normalized spacial score (nSPS) is 22.9. The topological polar surface area (TPSA) is 87.4 Å². The summed E-state index contributed by atoms with van der Waals surface area (Å²) in [7, 11) is 0. The molecule has 2 aromatic rings. The summed E-state index contributed by atoms with van der Waals surface area (Å²) in [4.78, 5) is 12.3. The zero-order valence-electron chi connectivity index (χ0n) is 13.4. The number of carbonyl (C=O) groups is 1. The number of amides is 1. The van der Waals surface area contributed by atoms with Gasteiger partial charge in [0.25, 0.3) is 0 Å². The minimum Gasteiger partial charge on any atom is -0.394 e. The fourth-order valence-electron chi connectivity index (χ4n) is 2.99. The van der Waals surface area contributed by atoms with Gasteiger partial charge in [0.2, 0.25) is 5.91 Å². The Hall–Kier alpha value is -1.89. The fraction of sp³-hybridized carbons (Fsp3) is 0.412. The van der Waals surface area contributed by atoms with Crippen molar-refractivity contribution in [3.05, 3.63) is 35.4 Å². The highest BCUT2D eigenvalue weighted by molar-refractivity contribution is 6.30. The number of carbonyl (C=O) groups excluding carboxylic acids is 1. The number of anilines is 1. The largest absolute Gasteiger partial charge is 0.394 e. The third-order valence-electron chi connectivity index (χ3n) is 4.21. The SMILES string of the molecule is CC1(O)CC(C(=O)Nc2cc(-c3cccc(Cl)c3)nn2CCO)C1. The monoisotopic (exact) mass is 349 g/mol. The quantitative estimate of drug-likeness (QED) is 0.773. The van der Waals surface area contributed by atoms with Gasteiger partial charge in [0.05, 0.1) is 24.4 Å². The third-order valence-corrected chi connectivity index (χ3v) is 4.44. The van der Waals surface area contributed by atoms with E-state index < -0.39 is 5.60 Å². The summed E-state index contributed by atoms with van der Waals surface area (Å²) >= 11 is 6.01. The first kappa shape index (κ1) is 17.0. The van der Waals surface area contributed by atoms with Crippen LogP contribution in [-0.2, 0) is 11.3 Å². The summed E-state index contributed by atoms with van der Waals surface area (Å²) in [6, 6.07) is 9.04. The van der Waals surface area contributed by atoms with Crippen molar-refractivity contribution >= 4 is 23.3 Å². The average Bonchev–Trinajstić information content (AvgIpc) is 2.88. The van der Waals surface area contributed by atoms with Crippen molar-refractivity contribution in [3.8, 4) is 11.3 Å². The van der Waals surface area contributed by atoms with Gasteiger partial charge in [-0.2, -0.15) is 5.10 Å². The lowest BCUT2D eigenvalue weighted by molar-refractivity contribution is -0.133. The Bertz CT molecular complexity index is 749. The van der Waals surface area contributed by atoms with E-state index in [1.807, 2.05) is 12.1 Å². The van der Waals surface area contributed by atoms with Gasteiger partial charge in [0.15, 0.2) is 0 Å². The van der Waals surface area contributed by atoms with Crippen LogP contribution in [0.15, 0.2) is 30.3 Å². The summed E-state index contributed by atoms with van der Waals surface area (Å²) in [6.45, 7) is 1.92. The number of benzene rings is 1. The lowest BCUT2D eigenvalue weighted by atomic mass is 9.72. The Labute approximate surface area is 145 Å². The number of aromatic nitrogens is 2. The van der Waals surface area contributed by atoms with Crippen LogP contribution >= 0.6 is 11.6 Å². The Morgan fingerprint density at radius 1 is 1.46 bits per heavy atom. The van der Waals surface area contributed by atoms with Crippen LogP contribution in [-0.4, -0.2) is 38.1 Å². The minimum atomic E-state index is -0.751. The van der Waals surface area contributed by atoms with Crippen LogP contribution in [0, 0.1) is 5.92 Å². The smallest absolute Gasteiger partial charge is 0.228 e. The van der Waals surface area contributed by atoms with E-state index in [0.29, 0.717) is 29.4 Å². The van der Waals surface area contributed by atoms with Crippen molar-refractivity contribution in [2.24, 2.45) is 5.92 Å². The van der Waals surface area contributed by atoms with Gasteiger partial charge >= 0.3 is 0 Å². The summed E-state index contributed by atoms with van der Waals surface area (Å²) in [6.07, 6.45) is 0.905. The zero-order chi connectivity index (χ0) is 17.3. The lowest BCUT2D eigenvalue weighted by Gasteiger charge is -2.39. The van der Waals surface area contributed by atoms with E-state index in [1.165, 1.54) is 0 Å². The lowest BCUT2D eigenvalue weighted by Crippen LogP contribution is -2.46. The van der Waals surface area contributed by atoms with Gasteiger partial charge in [0, 0.05) is 22.6 Å². The highest BCUT2D eigenvalue weighted by Crippen LogP contribution is 2.38. The maximum absolute atomic E-state index is 12.3. The first-order valence-electron chi connectivity index (χ1n) is 7.86. The molecule has 1 aliphatic carbocycles. The molecule has 0 bridgehead atoms. The van der Waals surface area contributed by atoms with Crippen molar-refractivity contribution in [1.82, 2.24) is 9.78 Å². The molecule has 1 aromatic carbocycles. The average molecular weight is 350 g/mol. The molecule has 1 aliphatic rings. The van der Waals surface area contributed by atoms with Crippen LogP contribution in [0.1, 0.15) is 19.8 Å². The number of nitrogens with one attached hydrogen (secondary N) is 1. The Balaban J connectivity index is 1.80. The van der Waals surface area contributed by atoms with Gasteiger partial charge < -0.3 is 15.5 Å². The van der Waals surface area contributed by atoms with Crippen molar-refractivity contribution in [3.63, 3.8) is 0 Å². The Morgan fingerprint density at radius 2 is 2.21 bits per heavy atom. The molecule has 24 heavy (non-hydrogen) atoms. The summed E-state index contributed by atoms with van der Waals surface area (Å²) in [5.74, 6) is 0.181. The second-order valence-corrected chi connectivity index (χ2v) is 6.90. The van der Waals surface area contributed by atoms with Gasteiger partial charge in [-0.1, -0.05) is 23.7 Å². The molecule has 0 aliphatic heterocycles. The molecule has 0 spiro atoms. The van der Waals surface area contributed by atoms with E-state index in [9.17, 15) is 15.0 Å². The van der Waals surface area contributed by atoms with Crippen LogP contribution < -0.4 is 5.32 Å². The molecular weight excluding hydrogens is 330 g/mol. The van der Waals surface area contributed by atoms with Crippen LogP contribution in [0.5, 0.6) is 0 Å². The number of rotatable bonds is 5. The molecule has 0 unspecified atom stereocenters. The van der Waals surface area contributed by atoms with Crippen LogP contribution in [0.3, 0.4) is 0 Å². The number of aliphatic hydroxyl groups excluding tert-OH is 1. The van der Waals surface area contributed by atoms with E-state index in [0.717, 1.165) is 5.56 Å². The van der Waals surface area contributed by atoms with Gasteiger partial charge in [-0.3, -0.25) is 4.79 Å². The highest BCUT2D eigenvalue weighted by Gasteiger charge is 2.42. The standard InChI is InChI=1S/C17H20ClN3O3/c1-17(24)9-12(10-17)16(23)19-15-8-14(20-21(15)5-6-22)11-3-2-4-13(18)7-11/h2-4,7-8,12,22,24H,5-6,9-10H2,1H3,(H,19,23). The molecule has 1 fully saturated rings. The number of halogens is 1. The number of nitrogens with zero attached hydrogens (tertiary/aromatic N) is 2. The van der Waals surface area contributed by atoms with Gasteiger partial charge in [-0.25, -0.2) is 4.68 Å². The summed E-state index contributed by atoms with van der Waals surface area (Å²) in [5, 5.41) is 26.9. The molecule has 1 heterocycles. The number of hydrogen-bond acceptors (Lipinski definition) is 4. The second-order valence-electron chi connectivity index (χ2n) is 6.46. The maximum atomic E-state index is 12.3. The molecule has 128 valence electrons. The van der Waals surface area contributed by atoms with Gasteiger partial charge in [-0.15, -0.1) is 0 Å². The van der Waals surface area contributed by atoms with Crippen LogP contribution in [0.25, 0.3) is 11.3 Å². The molecule has 7 heteroatoms. The molecular formula is C17H20ClN3O3. The molecule has 0 radical (unpaired) electrons. The molecule has 1 aromatic heterocycles. The minimum absolute atomic E-state index is 0.0856. The van der Waals surface area contributed by atoms with E-state index in [-0.39, 0.29) is 25.0 Å². The van der Waals surface area contributed by atoms with Crippen LogP contribution in [0.4, 0.5) is 5.82 Å². The molecule has 0 saturated heterocycles. The summed E-state index contributed by atoms with van der Waals surface area (Å²) < 4.78 is 1.56. The zero-order valence-corrected chi connectivity index (χ0v) is 14.1. The Kier molecular flexibility index (Phi) is 4.62. The fourth-order valence-corrected chi connectivity index (χ4v) is 3.18.